The van der Waals surface area contributed by atoms with Gasteiger partial charge in [-0.25, -0.2) is 4.98 Å². The molecule has 10 heteroatoms. The summed E-state index contributed by atoms with van der Waals surface area (Å²) in [4.78, 5) is 25.9. The van der Waals surface area contributed by atoms with E-state index in [9.17, 15) is 10.1 Å². The van der Waals surface area contributed by atoms with Gasteiger partial charge in [-0.05, 0) is 55.5 Å². The van der Waals surface area contributed by atoms with Crippen LogP contribution in [-0.4, -0.2) is 66.8 Å². The van der Waals surface area contributed by atoms with Gasteiger partial charge in [0.05, 0.1) is 17.6 Å². The smallest absolute Gasteiger partial charge is 0.247 e. The molecule has 1 amide bonds. The molecule has 0 radical (unpaired) electrons. The number of aromatic nitrogens is 2. The molecule has 1 saturated heterocycles. The number of piperazine rings is 1. The summed E-state index contributed by atoms with van der Waals surface area (Å²) < 4.78 is 0. The number of likely N-dealkylation sites (N-methyl/N-ethyl adjacent to an activating group) is 1. The maximum absolute atomic E-state index is 12.2. The summed E-state index contributed by atoms with van der Waals surface area (Å²) >= 11 is 0. The van der Waals surface area contributed by atoms with Crippen LogP contribution in [0.15, 0.2) is 61.3 Å². The minimum absolute atomic E-state index is 0.303. The van der Waals surface area contributed by atoms with Gasteiger partial charge in [0.15, 0.2) is 5.82 Å². The lowest BCUT2D eigenvalue weighted by molar-refractivity contribution is -0.111. The number of hydrogen-bond donors (Lipinski definition) is 3. The van der Waals surface area contributed by atoms with Crippen molar-refractivity contribution in [2.75, 3.05) is 66.9 Å². The van der Waals surface area contributed by atoms with Crippen molar-refractivity contribution in [3.05, 3.63) is 66.9 Å². The summed E-state index contributed by atoms with van der Waals surface area (Å²) in [5.74, 6) is 0.408. The summed E-state index contributed by atoms with van der Waals surface area (Å²) in [6.07, 6.45) is 2.73. The highest BCUT2D eigenvalue weighted by Gasteiger charge is 2.18. The minimum Gasteiger partial charge on any atom is -0.369 e. The maximum atomic E-state index is 12.2. The molecule has 1 aliphatic heterocycles. The van der Waals surface area contributed by atoms with Gasteiger partial charge < -0.3 is 25.8 Å². The molecule has 0 unspecified atom stereocenters. The Labute approximate surface area is 225 Å². The molecule has 1 fully saturated rings. The molecule has 0 atom stereocenters. The largest absolute Gasteiger partial charge is 0.369 e. The topological polar surface area (TPSA) is 109 Å². The SMILES string of the molecule is C=CC(=O)Nc1cc(N2CCN(CC)CC2)ccc1Nc1ncc(C#N)c(Nc2ccccc2P(C)C)n1. The van der Waals surface area contributed by atoms with Crippen LogP contribution in [0.3, 0.4) is 0 Å². The summed E-state index contributed by atoms with van der Waals surface area (Å²) in [6, 6.07) is 16.1. The molecule has 3 aromatic rings. The van der Waals surface area contributed by atoms with Gasteiger partial charge in [-0.15, -0.1) is 0 Å². The number of nitrogens with zero attached hydrogens (tertiary/aromatic N) is 5. The molecule has 2 aromatic carbocycles. The van der Waals surface area contributed by atoms with E-state index in [4.69, 9.17) is 0 Å². The van der Waals surface area contributed by atoms with Crippen LogP contribution in [0.4, 0.5) is 34.5 Å². The first-order valence-corrected chi connectivity index (χ1v) is 14.8. The summed E-state index contributed by atoms with van der Waals surface area (Å²) in [5, 5.41) is 20.3. The first-order valence-electron chi connectivity index (χ1n) is 12.5. The number of amides is 1. The van der Waals surface area contributed by atoms with Crippen LogP contribution in [0.25, 0.3) is 0 Å². The van der Waals surface area contributed by atoms with Crippen molar-refractivity contribution in [1.29, 1.82) is 5.26 Å². The Morgan fingerprint density at radius 1 is 1.11 bits per heavy atom. The average molecular weight is 529 g/mol. The van der Waals surface area contributed by atoms with Crippen molar-refractivity contribution in [2.24, 2.45) is 0 Å². The van der Waals surface area contributed by atoms with Crippen molar-refractivity contribution in [3.8, 4) is 6.07 Å². The van der Waals surface area contributed by atoms with Gasteiger partial charge in [-0.3, -0.25) is 4.79 Å². The van der Waals surface area contributed by atoms with E-state index in [1.807, 2.05) is 36.4 Å². The predicted octanol–water partition coefficient (Wildman–Crippen LogP) is 4.47. The van der Waals surface area contributed by atoms with Crippen LogP contribution in [0.1, 0.15) is 12.5 Å². The molecule has 3 N–H and O–H groups in total. The van der Waals surface area contributed by atoms with Gasteiger partial charge in [-0.1, -0.05) is 39.6 Å². The van der Waals surface area contributed by atoms with E-state index >= 15 is 0 Å². The van der Waals surface area contributed by atoms with E-state index in [0.717, 1.165) is 44.1 Å². The van der Waals surface area contributed by atoms with Crippen LogP contribution in [0.2, 0.25) is 0 Å². The number of rotatable bonds is 9. The van der Waals surface area contributed by atoms with Crippen LogP contribution in [0.5, 0.6) is 0 Å². The number of para-hydroxylation sites is 1. The summed E-state index contributed by atoms with van der Waals surface area (Å²) in [7, 11) is -0.361. The fraction of sp³-hybridized carbons (Fsp3) is 0.286. The molecule has 38 heavy (non-hydrogen) atoms. The lowest BCUT2D eigenvalue weighted by Gasteiger charge is -2.35. The van der Waals surface area contributed by atoms with E-state index in [0.29, 0.717) is 28.7 Å². The zero-order valence-electron chi connectivity index (χ0n) is 22.0. The van der Waals surface area contributed by atoms with E-state index in [1.165, 1.54) is 17.6 Å². The number of benzene rings is 2. The number of anilines is 6. The minimum atomic E-state index is -0.361. The normalized spacial score (nSPS) is 13.6. The van der Waals surface area contributed by atoms with E-state index in [2.05, 4.69) is 74.7 Å². The fourth-order valence-electron chi connectivity index (χ4n) is 4.28. The van der Waals surface area contributed by atoms with Gasteiger partial charge in [-0.2, -0.15) is 10.2 Å². The molecule has 0 spiro atoms. The highest BCUT2D eigenvalue weighted by molar-refractivity contribution is 7.64. The molecule has 0 saturated carbocycles. The van der Waals surface area contributed by atoms with Crippen molar-refractivity contribution in [3.63, 3.8) is 0 Å². The van der Waals surface area contributed by atoms with Crippen LogP contribution >= 0.6 is 7.92 Å². The summed E-state index contributed by atoms with van der Waals surface area (Å²) in [6.45, 7) is 15.0. The molecule has 1 aliphatic rings. The van der Waals surface area contributed by atoms with Crippen LogP contribution in [0, 0.1) is 11.3 Å². The average Bonchev–Trinajstić information content (AvgIpc) is 2.94. The van der Waals surface area contributed by atoms with Gasteiger partial charge in [0, 0.05) is 37.6 Å². The standard InChI is InChI=1S/C28H33N8OP/c1-5-26(37)31-24-17-21(36-15-13-35(6-2)14-16-36)11-12-22(24)33-28-30-19-20(18-29)27(34-28)32-23-9-7-8-10-25(23)38(3)4/h5,7-12,17,19H,1,6,13-16H2,2-4H3,(H,31,37)(H2,30,32,33,34). The second-order valence-electron chi connectivity index (χ2n) is 9.07. The molecule has 196 valence electrons. The first-order chi connectivity index (χ1) is 18.4. The molecule has 0 bridgehead atoms. The van der Waals surface area contributed by atoms with Gasteiger partial charge >= 0.3 is 0 Å². The van der Waals surface area contributed by atoms with Crippen molar-refractivity contribution in [2.45, 2.75) is 6.92 Å². The fourth-order valence-corrected chi connectivity index (χ4v) is 5.28. The highest BCUT2D eigenvalue weighted by Crippen LogP contribution is 2.32. The Balaban J connectivity index is 1.62. The Kier molecular flexibility index (Phi) is 8.90. The Morgan fingerprint density at radius 2 is 1.87 bits per heavy atom. The quantitative estimate of drug-likeness (QED) is 0.276. The number of nitrogens with one attached hydrogen (secondary N) is 3. The Morgan fingerprint density at radius 3 is 2.55 bits per heavy atom. The number of nitriles is 1. The number of carbonyl (C=O) groups is 1. The molecule has 0 aliphatic carbocycles. The number of carbonyl (C=O) groups excluding carboxylic acids is 1. The van der Waals surface area contributed by atoms with Crippen molar-refractivity contribution < 1.29 is 4.79 Å². The van der Waals surface area contributed by atoms with Gasteiger partial charge in [0.25, 0.3) is 0 Å². The summed E-state index contributed by atoms with van der Waals surface area (Å²) in [5.41, 5.74) is 3.51. The molecule has 1 aromatic heterocycles. The molecule has 2 heterocycles. The third-order valence-corrected chi connectivity index (χ3v) is 7.78. The van der Waals surface area contributed by atoms with Crippen molar-refractivity contribution in [1.82, 2.24) is 14.9 Å². The van der Waals surface area contributed by atoms with Crippen LogP contribution < -0.4 is 26.2 Å². The lowest BCUT2D eigenvalue weighted by Crippen LogP contribution is -2.46. The molecule has 9 nitrogen and oxygen atoms in total. The molecular formula is C28H33N8OP. The van der Waals surface area contributed by atoms with E-state index in [1.54, 1.807) is 0 Å². The molecule has 4 rings (SSSR count). The second-order valence-corrected chi connectivity index (χ2v) is 11.3. The maximum Gasteiger partial charge on any atom is 0.247 e. The lowest BCUT2D eigenvalue weighted by atomic mass is 10.2. The van der Waals surface area contributed by atoms with Crippen molar-refractivity contribution >= 4 is 53.6 Å². The number of hydrogen-bond acceptors (Lipinski definition) is 8. The molecular weight excluding hydrogens is 495 g/mol. The van der Waals surface area contributed by atoms with E-state index < -0.39 is 0 Å². The van der Waals surface area contributed by atoms with Gasteiger partial charge in [0.2, 0.25) is 11.9 Å². The predicted molar refractivity (Wildman–Crippen MR) is 158 cm³/mol. The third-order valence-electron chi connectivity index (χ3n) is 6.43. The second kappa shape index (κ2) is 12.5. The Bertz CT molecular complexity index is 1340. The van der Waals surface area contributed by atoms with E-state index in [-0.39, 0.29) is 13.8 Å². The third kappa shape index (κ3) is 6.46. The highest BCUT2D eigenvalue weighted by atomic mass is 31.1. The van der Waals surface area contributed by atoms with Crippen LogP contribution in [-0.2, 0) is 4.79 Å². The zero-order valence-corrected chi connectivity index (χ0v) is 22.9. The first kappa shape index (κ1) is 27.1. The zero-order chi connectivity index (χ0) is 27.1. The Hall–Kier alpha value is -3.99. The van der Waals surface area contributed by atoms with Gasteiger partial charge in [0.1, 0.15) is 11.6 Å². The monoisotopic (exact) mass is 528 g/mol.